The largest absolute Gasteiger partial charge is 0.495 e. The lowest BCUT2D eigenvalue weighted by atomic mass is 9.99. The van der Waals surface area contributed by atoms with Crippen molar-refractivity contribution in [1.29, 1.82) is 0 Å². The van der Waals surface area contributed by atoms with Crippen molar-refractivity contribution >= 4 is 5.69 Å². The number of aromatic nitrogens is 2. The molecule has 0 amide bonds. The maximum absolute atomic E-state index is 5.95. The molecule has 3 aromatic rings. The van der Waals surface area contributed by atoms with Gasteiger partial charge in [0.1, 0.15) is 18.1 Å². The molecule has 0 N–H and O–H groups in total. The lowest BCUT2D eigenvalue weighted by Crippen LogP contribution is -2.30. The van der Waals surface area contributed by atoms with Gasteiger partial charge in [-0.25, -0.2) is 4.98 Å². The van der Waals surface area contributed by atoms with E-state index in [2.05, 4.69) is 27.0 Å². The van der Waals surface area contributed by atoms with Gasteiger partial charge in [-0.15, -0.1) is 0 Å². The van der Waals surface area contributed by atoms with E-state index in [9.17, 15) is 0 Å². The number of rotatable bonds is 6. The Bertz CT molecular complexity index is 927. The van der Waals surface area contributed by atoms with E-state index in [1.54, 1.807) is 20.4 Å². The zero-order chi connectivity index (χ0) is 19.3. The number of hydrogen-bond donors (Lipinski definition) is 0. The van der Waals surface area contributed by atoms with E-state index in [1.807, 2.05) is 36.5 Å². The first kappa shape index (κ1) is 18.1. The summed E-state index contributed by atoms with van der Waals surface area (Å²) >= 11 is 0. The van der Waals surface area contributed by atoms with Crippen LogP contribution in [0, 0.1) is 0 Å². The van der Waals surface area contributed by atoms with E-state index < -0.39 is 0 Å². The van der Waals surface area contributed by atoms with Gasteiger partial charge in [-0.2, -0.15) is 0 Å². The third kappa shape index (κ3) is 4.01. The third-order valence-corrected chi connectivity index (χ3v) is 4.91. The lowest BCUT2D eigenvalue weighted by molar-refractivity contribution is 0.300. The average molecular weight is 377 g/mol. The van der Waals surface area contributed by atoms with Gasteiger partial charge in [-0.05, 0) is 47.9 Å². The molecule has 144 valence electrons. The van der Waals surface area contributed by atoms with Crippen LogP contribution < -0.4 is 19.1 Å². The Morgan fingerprint density at radius 2 is 1.79 bits per heavy atom. The number of ether oxygens (including phenoxy) is 3. The van der Waals surface area contributed by atoms with Gasteiger partial charge in [0, 0.05) is 19.2 Å². The molecule has 0 fully saturated rings. The van der Waals surface area contributed by atoms with Crippen molar-refractivity contribution in [3.8, 4) is 17.4 Å². The van der Waals surface area contributed by atoms with E-state index >= 15 is 0 Å². The Labute approximate surface area is 164 Å². The Kier molecular flexibility index (Phi) is 5.28. The van der Waals surface area contributed by atoms with Crippen LogP contribution in [0.1, 0.15) is 16.8 Å². The number of anilines is 1. The Morgan fingerprint density at radius 3 is 2.50 bits per heavy atom. The van der Waals surface area contributed by atoms with Gasteiger partial charge in [0.15, 0.2) is 0 Å². The molecule has 3 heterocycles. The maximum atomic E-state index is 5.95. The number of nitrogens with zero attached hydrogens (tertiary/aromatic N) is 3. The molecule has 28 heavy (non-hydrogen) atoms. The van der Waals surface area contributed by atoms with Crippen molar-refractivity contribution in [2.45, 2.75) is 19.6 Å². The van der Waals surface area contributed by atoms with E-state index in [-0.39, 0.29) is 0 Å². The molecule has 0 spiro atoms. The quantitative estimate of drug-likeness (QED) is 0.654. The highest BCUT2D eigenvalue weighted by molar-refractivity contribution is 5.50. The fourth-order valence-corrected chi connectivity index (χ4v) is 3.30. The Morgan fingerprint density at radius 1 is 0.893 bits per heavy atom. The van der Waals surface area contributed by atoms with Crippen molar-refractivity contribution in [1.82, 2.24) is 9.97 Å². The number of hydrogen-bond acceptors (Lipinski definition) is 6. The summed E-state index contributed by atoms with van der Waals surface area (Å²) in [6.07, 6.45) is 4.56. The number of methoxy groups -OCH3 is 2. The highest BCUT2D eigenvalue weighted by atomic mass is 16.5. The second kappa shape index (κ2) is 8.17. The van der Waals surface area contributed by atoms with Gasteiger partial charge in [0.25, 0.3) is 0 Å². The standard InChI is InChI=1S/C22H23N3O3/c1-26-21-7-4-18(23-13-21)15-28-20-6-3-16-9-10-25(14-17(16)11-20)19-5-8-22(27-2)24-12-19/h3-8,11-13H,9-10,14-15H2,1-2H3. The molecule has 1 aromatic carbocycles. The maximum Gasteiger partial charge on any atom is 0.213 e. The van der Waals surface area contributed by atoms with Gasteiger partial charge in [-0.3, -0.25) is 4.98 Å². The Balaban J connectivity index is 1.43. The minimum absolute atomic E-state index is 0.425. The van der Waals surface area contributed by atoms with Crippen LogP contribution in [0.25, 0.3) is 0 Å². The second-order valence-corrected chi connectivity index (χ2v) is 6.64. The molecule has 0 radical (unpaired) electrons. The minimum Gasteiger partial charge on any atom is -0.495 e. The molecule has 0 unspecified atom stereocenters. The van der Waals surface area contributed by atoms with Crippen molar-refractivity contribution in [3.63, 3.8) is 0 Å². The van der Waals surface area contributed by atoms with Gasteiger partial charge < -0.3 is 19.1 Å². The highest BCUT2D eigenvalue weighted by Crippen LogP contribution is 2.28. The molecule has 0 bridgehead atoms. The fourth-order valence-electron chi connectivity index (χ4n) is 3.30. The van der Waals surface area contributed by atoms with Crippen molar-refractivity contribution in [2.24, 2.45) is 0 Å². The van der Waals surface area contributed by atoms with Crippen LogP contribution in [-0.4, -0.2) is 30.7 Å². The van der Waals surface area contributed by atoms with Crippen LogP contribution in [0.4, 0.5) is 5.69 Å². The van der Waals surface area contributed by atoms with E-state index in [0.29, 0.717) is 12.5 Å². The van der Waals surface area contributed by atoms with E-state index in [4.69, 9.17) is 14.2 Å². The summed E-state index contributed by atoms with van der Waals surface area (Å²) in [5, 5.41) is 0. The van der Waals surface area contributed by atoms with Crippen LogP contribution in [0.2, 0.25) is 0 Å². The summed E-state index contributed by atoms with van der Waals surface area (Å²) < 4.78 is 16.2. The molecule has 0 atom stereocenters. The topological polar surface area (TPSA) is 56.7 Å². The molecular weight excluding hydrogens is 354 g/mol. The van der Waals surface area contributed by atoms with Gasteiger partial charge in [0.05, 0.1) is 38.0 Å². The number of pyridine rings is 2. The van der Waals surface area contributed by atoms with Crippen molar-refractivity contribution in [3.05, 3.63) is 71.7 Å². The molecule has 6 nitrogen and oxygen atoms in total. The molecule has 4 rings (SSSR count). The normalized spacial score (nSPS) is 13.0. The van der Waals surface area contributed by atoms with E-state index in [0.717, 1.165) is 42.4 Å². The molecule has 0 aliphatic carbocycles. The van der Waals surface area contributed by atoms with Crippen molar-refractivity contribution < 1.29 is 14.2 Å². The molecule has 0 saturated heterocycles. The third-order valence-electron chi connectivity index (χ3n) is 4.91. The highest BCUT2D eigenvalue weighted by Gasteiger charge is 2.17. The molecule has 6 heteroatoms. The molecule has 1 aliphatic rings. The van der Waals surface area contributed by atoms with Crippen molar-refractivity contribution in [2.75, 3.05) is 25.7 Å². The first-order valence-electron chi connectivity index (χ1n) is 9.23. The van der Waals surface area contributed by atoms with Gasteiger partial charge in [-0.1, -0.05) is 6.07 Å². The van der Waals surface area contributed by atoms with Crippen LogP contribution in [-0.2, 0) is 19.6 Å². The molecule has 0 saturated carbocycles. The smallest absolute Gasteiger partial charge is 0.213 e. The predicted octanol–water partition coefficient (Wildman–Crippen LogP) is 3.64. The number of fused-ring (bicyclic) bond motifs is 1. The fraction of sp³-hybridized carbons (Fsp3) is 0.273. The zero-order valence-electron chi connectivity index (χ0n) is 16.1. The summed E-state index contributed by atoms with van der Waals surface area (Å²) in [4.78, 5) is 11.0. The summed E-state index contributed by atoms with van der Waals surface area (Å²) in [6, 6.07) is 14.1. The Hall–Kier alpha value is -3.28. The summed E-state index contributed by atoms with van der Waals surface area (Å²) in [5.74, 6) is 2.22. The lowest BCUT2D eigenvalue weighted by Gasteiger charge is -2.30. The van der Waals surface area contributed by atoms with Crippen LogP contribution in [0.5, 0.6) is 17.4 Å². The number of benzene rings is 1. The van der Waals surface area contributed by atoms with E-state index in [1.165, 1.54) is 11.1 Å². The van der Waals surface area contributed by atoms with Crippen LogP contribution >= 0.6 is 0 Å². The second-order valence-electron chi connectivity index (χ2n) is 6.64. The SMILES string of the molecule is COc1ccc(COc2ccc3c(c2)CN(c2ccc(OC)nc2)CC3)nc1. The van der Waals surface area contributed by atoms with Crippen LogP contribution in [0.3, 0.4) is 0 Å². The van der Waals surface area contributed by atoms with Crippen LogP contribution in [0.15, 0.2) is 54.9 Å². The zero-order valence-corrected chi connectivity index (χ0v) is 16.1. The molecular formula is C22H23N3O3. The summed E-state index contributed by atoms with van der Waals surface area (Å²) in [7, 11) is 3.26. The molecule has 1 aliphatic heterocycles. The average Bonchev–Trinajstić information content (AvgIpc) is 2.77. The first-order valence-corrected chi connectivity index (χ1v) is 9.23. The minimum atomic E-state index is 0.425. The monoisotopic (exact) mass is 377 g/mol. The predicted molar refractivity (Wildman–Crippen MR) is 107 cm³/mol. The van der Waals surface area contributed by atoms with Gasteiger partial charge >= 0.3 is 0 Å². The van der Waals surface area contributed by atoms with Gasteiger partial charge in [0.2, 0.25) is 5.88 Å². The first-order chi connectivity index (χ1) is 13.7. The summed E-state index contributed by atoms with van der Waals surface area (Å²) in [5.41, 5.74) is 4.61. The summed E-state index contributed by atoms with van der Waals surface area (Å²) in [6.45, 7) is 2.23. The molecule has 2 aromatic heterocycles.